The van der Waals surface area contributed by atoms with Gasteiger partial charge in [0.25, 0.3) is 5.69 Å². The van der Waals surface area contributed by atoms with Crippen molar-refractivity contribution in [1.82, 2.24) is 4.98 Å². The highest BCUT2D eigenvalue weighted by molar-refractivity contribution is 5.74. The number of aromatic nitrogens is 1. The number of benzene rings is 2. The van der Waals surface area contributed by atoms with Crippen molar-refractivity contribution in [3.05, 3.63) is 87.7 Å². The molecule has 1 heterocycles. The zero-order valence-corrected chi connectivity index (χ0v) is 13.6. The van der Waals surface area contributed by atoms with Crippen molar-refractivity contribution in [2.45, 2.75) is 6.92 Å². The lowest BCUT2D eigenvalue weighted by Gasteiger charge is -2.06. The van der Waals surface area contributed by atoms with Crippen LogP contribution in [0.2, 0.25) is 0 Å². The Morgan fingerprint density at radius 3 is 2.40 bits per heavy atom. The highest BCUT2D eigenvalue weighted by Crippen LogP contribution is 2.25. The Morgan fingerprint density at radius 2 is 1.72 bits per heavy atom. The van der Waals surface area contributed by atoms with Gasteiger partial charge in [0.05, 0.1) is 16.2 Å². The molecular weight excluding hydrogens is 316 g/mol. The van der Waals surface area contributed by atoms with E-state index < -0.39 is 4.92 Å². The zero-order valence-electron chi connectivity index (χ0n) is 13.6. The minimum absolute atomic E-state index is 0.0659. The number of aryl methyl sites for hydroxylation is 1. The molecule has 0 saturated carbocycles. The molecule has 3 rings (SSSR count). The number of phenolic OH excluding ortho intramolecular Hbond substituents is 1. The van der Waals surface area contributed by atoms with E-state index in [-0.39, 0.29) is 11.4 Å². The molecule has 0 aliphatic heterocycles. The summed E-state index contributed by atoms with van der Waals surface area (Å²) in [6, 6.07) is 17.3. The van der Waals surface area contributed by atoms with Gasteiger partial charge in [0.2, 0.25) is 0 Å². The van der Waals surface area contributed by atoms with E-state index in [1.54, 1.807) is 42.5 Å². The Labute approximate surface area is 145 Å². The molecule has 2 aromatic carbocycles. The first-order chi connectivity index (χ1) is 12.0. The summed E-state index contributed by atoms with van der Waals surface area (Å²) < 4.78 is 0. The fourth-order valence-electron chi connectivity index (χ4n) is 2.59. The number of hydrogen-bond acceptors (Lipinski definition) is 4. The topological polar surface area (TPSA) is 76.3 Å². The van der Waals surface area contributed by atoms with Crippen LogP contribution >= 0.6 is 0 Å². The summed E-state index contributed by atoms with van der Waals surface area (Å²) in [6.07, 6.45) is 3.45. The lowest BCUT2D eigenvalue weighted by Crippen LogP contribution is -1.92. The maximum absolute atomic E-state index is 11.1. The molecule has 0 aliphatic carbocycles. The van der Waals surface area contributed by atoms with Gasteiger partial charge in [0.15, 0.2) is 0 Å². The molecule has 0 unspecified atom stereocenters. The van der Waals surface area contributed by atoms with Gasteiger partial charge in [0.1, 0.15) is 5.75 Å². The third kappa shape index (κ3) is 3.72. The van der Waals surface area contributed by atoms with Crippen molar-refractivity contribution in [3.8, 4) is 16.9 Å². The van der Waals surface area contributed by atoms with Crippen LogP contribution in [-0.2, 0) is 0 Å². The smallest absolute Gasteiger partial charge is 0.276 e. The van der Waals surface area contributed by atoms with E-state index in [0.717, 1.165) is 22.5 Å². The van der Waals surface area contributed by atoms with Gasteiger partial charge in [-0.15, -0.1) is 0 Å². The second-order valence-corrected chi connectivity index (χ2v) is 5.57. The van der Waals surface area contributed by atoms with Crippen molar-refractivity contribution >= 4 is 17.8 Å². The molecule has 1 aromatic heterocycles. The largest absolute Gasteiger partial charge is 0.508 e. The van der Waals surface area contributed by atoms with Gasteiger partial charge in [-0.3, -0.25) is 15.1 Å². The molecule has 0 amide bonds. The van der Waals surface area contributed by atoms with Crippen LogP contribution in [0.5, 0.6) is 5.75 Å². The molecular formula is C20H16N2O3. The Bertz CT molecular complexity index is 947. The van der Waals surface area contributed by atoms with Crippen LogP contribution in [0.15, 0.2) is 60.7 Å². The summed E-state index contributed by atoms with van der Waals surface area (Å²) in [5.74, 6) is 0.221. The second-order valence-electron chi connectivity index (χ2n) is 5.57. The number of aromatic hydroxyl groups is 1. The van der Waals surface area contributed by atoms with Crippen LogP contribution < -0.4 is 0 Å². The SMILES string of the molecule is Cc1nc(C=Cc2ccccc2[N+](=O)[O-])ccc1-c1ccc(O)cc1. The van der Waals surface area contributed by atoms with Crippen LogP contribution in [0, 0.1) is 17.0 Å². The molecule has 0 saturated heterocycles. The lowest BCUT2D eigenvalue weighted by molar-refractivity contribution is -0.385. The third-order valence-corrected chi connectivity index (χ3v) is 3.85. The van der Waals surface area contributed by atoms with E-state index in [2.05, 4.69) is 4.98 Å². The van der Waals surface area contributed by atoms with Gasteiger partial charge in [-0.1, -0.05) is 30.3 Å². The van der Waals surface area contributed by atoms with Crippen LogP contribution in [0.3, 0.4) is 0 Å². The fraction of sp³-hybridized carbons (Fsp3) is 0.0500. The Hall–Kier alpha value is -3.47. The van der Waals surface area contributed by atoms with Crippen molar-refractivity contribution < 1.29 is 10.0 Å². The number of hydrogen-bond donors (Lipinski definition) is 1. The van der Waals surface area contributed by atoms with Gasteiger partial charge >= 0.3 is 0 Å². The van der Waals surface area contributed by atoms with Crippen molar-refractivity contribution in [2.75, 3.05) is 0 Å². The number of phenols is 1. The molecule has 124 valence electrons. The van der Waals surface area contributed by atoms with Crippen LogP contribution in [0.4, 0.5) is 5.69 Å². The maximum Gasteiger partial charge on any atom is 0.276 e. The predicted octanol–water partition coefficient (Wildman–Crippen LogP) is 4.84. The number of para-hydroxylation sites is 1. The number of nitro groups is 1. The van der Waals surface area contributed by atoms with Crippen LogP contribution in [0.1, 0.15) is 17.0 Å². The van der Waals surface area contributed by atoms with Crippen LogP contribution in [-0.4, -0.2) is 15.0 Å². The van der Waals surface area contributed by atoms with Crippen molar-refractivity contribution in [3.63, 3.8) is 0 Å². The standard InChI is InChI=1S/C20H16N2O3/c1-14-19(15-7-11-18(23)12-8-15)13-10-17(21-14)9-6-16-4-2-3-5-20(16)22(24)25/h2-13,23H,1H3. The molecule has 0 aliphatic rings. The van der Waals surface area contributed by atoms with Gasteiger partial charge in [-0.25, -0.2) is 0 Å². The van der Waals surface area contributed by atoms with E-state index in [1.807, 2.05) is 31.2 Å². The molecule has 0 radical (unpaired) electrons. The third-order valence-electron chi connectivity index (χ3n) is 3.85. The Balaban J connectivity index is 1.89. The molecule has 3 aromatic rings. The first kappa shape index (κ1) is 16.4. The van der Waals surface area contributed by atoms with Crippen molar-refractivity contribution in [1.29, 1.82) is 0 Å². The first-order valence-electron chi connectivity index (χ1n) is 7.73. The summed E-state index contributed by atoms with van der Waals surface area (Å²) in [4.78, 5) is 15.2. The van der Waals surface area contributed by atoms with Gasteiger partial charge < -0.3 is 5.11 Å². The van der Waals surface area contributed by atoms with E-state index >= 15 is 0 Å². The molecule has 5 nitrogen and oxygen atoms in total. The molecule has 1 N–H and O–H groups in total. The quantitative estimate of drug-likeness (QED) is 0.548. The number of nitrogens with zero attached hydrogens (tertiary/aromatic N) is 2. The summed E-state index contributed by atoms with van der Waals surface area (Å²) in [5, 5.41) is 20.4. The van der Waals surface area contributed by atoms with Crippen molar-refractivity contribution in [2.24, 2.45) is 0 Å². The number of nitro benzene ring substituents is 1. The second kappa shape index (κ2) is 6.97. The zero-order chi connectivity index (χ0) is 17.8. The summed E-state index contributed by atoms with van der Waals surface area (Å²) in [7, 11) is 0. The average molecular weight is 332 g/mol. The molecule has 0 bridgehead atoms. The summed E-state index contributed by atoms with van der Waals surface area (Å²) in [6.45, 7) is 1.91. The number of rotatable bonds is 4. The molecule has 25 heavy (non-hydrogen) atoms. The minimum atomic E-state index is -0.397. The van der Waals surface area contributed by atoms with E-state index in [1.165, 1.54) is 6.07 Å². The van der Waals surface area contributed by atoms with Crippen LogP contribution in [0.25, 0.3) is 23.3 Å². The van der Waals surface area contributed by atoms with E-state index in [0.29, 0.717) is 5.56 Å². The predicted molar refractivity (Wildman–Crippen MR) is 98.1 cm³/mol. The van der Waals surface area contributed by atoms with Gasteiger partial charge in [0, 0.05) is 17.3 Å². The highest BCUT2D eigenvalue weighted by atomic mass is 16.6. The summed E-state index contributed by atoms with van der Waals surface area (Å²) in [5.41, 5.74) is 4.11. The van der Waals surface area contributed by atoms with E-state index in [9.17, 15) is 15.2 Å². The van der Waals surface area contributed by atoms with Gasteiger partial charge in [-0.2, -0.15) is 0 Å². The summed E-state index contributed by atoms with van der Waals surface area (Å²) >= 11 is 0. The van der Waals surface area contributed by atoms with E-state index in [4.69, 9.17) is 0 Å². The Kier molecular flexibility index (Phi) is 4.57. The monoisotopic (exact) mass is 332 g/mol. The normalized spacial score (nSPS) is 10.9. The lowest BCUT2D eigenvalue weighted by atomic mass is 10.0. The maximum atomic E-state index is 11.1. The first-order valence-corrected chi connectivity index (χ1v) is 7.73. The average Bonchev–Trinajstić information content (AvgIpc) is 2.61. The van der Waals surface area contributed by atoms with Gasteiger partial charge in [-0.05, 0) is 48.9 Å². The molecule has 0 atom stereocenters. The number of pyridine rings is 1. The highest BCUT2D eigenvalue weighted by Gasteiger charge is 2.09. The Morgan fingerprint density at radius 1 is 1.00 bits per heavy atom. The molecule has 5 heteroatoms. The molecule has 0 fully saturated rings. The molecule has 0 spiro atoms. The fourth-order valence-corrected chi connectivity index (χ4v) is 2.59. The minimum Gasteiger partial charge on any atom is -0.508 e.